The highest BCUT2D eigenvalue weighted by Gasteiger charge is 2.11. The third kappa shape index (κ3) is 2.08. The van der Waals surface area contributed by atoms with E-state index >= 15 is 0 Å². The fourth-order valence-electron chi connectivity index (χ4n) is 1.89. The Hall–Kier alpha value is -1.95. The number of pyridine rings is 1. The smallest absolute Gasteiger partial charge is 0.192 e. The lowest BCUT2D eigenvalue weighted by molar-refractivity contribution is 0.623. The van der Waals surface area contributed by atoms with E-state index in [0.29, 0.717) is 26.9 Å². The number of hydrogen-bond acceptors (Lipinski definition) is 2. The number of rotatable bonds is 1. The van der Waals surface area contributed by atoms with Crippen molar-refractivity contribution in [1.29, 1.82) is 0 Å². The fourth-order valence-corrected chi connectivity index (χ4v) is 2.22. The summed E-state index contributed by atoms with van der Waals surface area (Å²) < 4.78 is 13.8. The standard InChI is InChI=1S/C13H9BrFN3O/c1-6-2-12(19)7(5-16-6)13-17-10-3-8(14)9(15)4-11(10)18-13/h2-5H,1H3,(H,16,19)(H,17,18). The highest BCUT2D eigenvalue weighted by Crippen LogP contribution is 2.24. The van der Waals surface area contributed by atoms with Crippen LogP contribution in [0.1, 0.15) is 5.69 Å². The quantitative estimate of drug-likeness (QED) is 0.723. The van der Waals surface area contributed by atoms with Gasteiger partial charge in [0, 0.05) is 24.0 Å². The van der Waals surface area contributed by atoms with Gasteiger partial charge in [-0.25, -0.2) is 9.37 Å². The van der Waals surface area contributed by atoms with Crippen molar-refractivity contribution in [2.75, 3.05) is 0 Å². The summed E-state index contributed by atoms with van der Waals surface area (Å²) in [5.74, 6) is 0.0502. The van der Waals surface area contributed by atoms with Gasteiger partial charge in [0.25, 0.3) is 0 Å². The number of nitrogens with one attached hydrogen (secondary N) is 2. The number of nitrogens with zero attached hydrogens (tertiary/aromatic N) is 1. The molecule has 0 atom stereocenters. The van der Waals surface area contributed by atoms with Gasteiger partial charge in [-0.3, -0.25) is 4.79 Å². The summed E-state index contributed by atoms with van der Waals surface area (Å²) in [5.41, 5.74) is 2.23. The van der Waals surface area contributed by atoms with Crippen molar-refractivity contribution >= 4 is 27.0 Å². The molecule has 0 spiro atoms. The Balaban J connectivity index is 2.23. The molecule has 3 aromatic rings. The van der Waals surface area contributed by atoms with Crippen LogP contribution in [0.15, 0.2) is 33.7 Å². The van der Waals surface area contributed by atoms with E-state index in [2.05, 4.69) is 30.9 Å². The molecule has 3 rings (SSSR count). The van der Waals surface area contributed by atoms with Crippen molar-refractivity contribution in [1.82, 2.24) is 15.0 Å². The zero-order valence-corrected chi connectivity index (χ0v) is 11.5. The zero-order valence-electron chi connectivity index (χ0n) is 9.92. The SMILES string of the molecule is Cc1cc(=O)c(-c2nc3cc(Br)c(F)cc3[nH]2)c[nH]1. The number of fused-ring (bicyclic) bond motifs is 1. The lowest BCUT2D eigenvalue weighted by Gasteiger charge is -1.96. The maximum Gasteiger partial charge on any atom is 0.192 e. The molecule has 6 heteroatoms. The van der Waals surface area contributed by atoms with E-state index in [1.54, 1.807) is 19.2 Å². The van der Waals surface area contributed by atoms with Gasteiger partial charge >= 0.3 is 0 Å². The second-order valence-corrected chi connectivity index (χ2v) is 5.12. The Kier molecular flexibility index (Phi) is 2.74. The molecule has 0 unspecified atom stereocenters. The van der Waals surface area contributed by atoms with E-state index in [-0.39, 0.29) is 11.2 Å². The van der Waals surface area contributed by atoms with Crippen LogP contribution in [0.5, 0.6) is 0 Å². The van der Waals surface area contributed by atoms with Gasteiger partial charge in [0.2, 0.25) is 0 Å². The molecule has 0 radical (unpaired) electrons. The van der Waals surface area contributed by atoms with E-state index < -0.39 is 0 Å². The number of aromatic amines is 2. The van der Waals surface area contributed by atoms with Crippen LogP contribution in [0.2, 0.25) is 0 Å². The van der Waals surface area contributed by atoms with Crippen LogP contribution in [-0.4, -0.2) is 15.0 Å². The number of aromatic nitrogens is 3. The molecule has 1 aromatic carbocycles. The maximum atomic E-state index is 13.4. The van der Waals surface area contributed by atoms with E-state index in [9.17, 15) is 9.18 Å². The molecular formula is C13H9BrFN3O. The minimum atomic E-state index is -0.375. The number of H-pyrrole nitrogens is 2. The third-order valence-electron chi connectivity index (χ3n) is 2.84. The molecule has 0 aliphatic carbocycles. The Labute approximate surface area is 115 Å². The summed E-state index contributed by atoms with van der Waals surface area (Å²) in [6.45, 7) is 1.80. The van der Waals surface area contributed by atoms with Crippen LogP contribution in [0.25, 0.3) is 22.4 Å². The topological polar surface area (TPSA) is 61.5 Å². The molecule has 0 saturated carbocycles. The average molecular weight is 322 g/mol. The molecule has 19 heavy (non-hydrogen) atoms. The van der Waals surface area contributed by atoms with Gasteiger partial charge in [0.15, 0.2) is 5.43 Å². The van der Waals surface area contributed by atoms with Gasteiger partial charge in [-0.2, -0.15) is 0 Å². The van der Waals surface area contributed by atoms with Crippen molar-refractivity contribution < 1.29 is 4.39 Å². The highest BCUT2D eigenvalue weighted by atomic mass is 79.9. The molecule has 2 aromatic heterocycles. The normalized spacial score (nSPS) is 11.1. The van der Waals surface area contributed by atoms with Crippen molar-refractivity contribution in [3.8, 4) is 11.4 Å². The summed E-state index contributed by atoms with van der Waals surface area (Å²) >= 11 is 3.11. The Morgan fingerprint density at radius 3 is 2.84 bits per heavy atom. The molecule has 96 valence electrons. The first-order valence-corrected chi connectivity index (χ1v) is 6.38. The predicted molar refractivity (Wildman–Crippen MR) is 74.5 cm³/mol. The largest absolute Gasteiger partial charge is 0.364 e. The van der Waals surface area contributed by atoms with Crippen LogP contribution in [0.3, 0.4) is 0 Å². The monoisotopic (exact) mass is 321 g/mol. The first kappa shape index (κ1) is 12.1. The molecular weight excluding hydrogens is 313 g/mol. The van der Waals surface area contributed by atoms with Crippen molar-refractivity contribution in [2.24, 2.45) is 0 Å². The summed E-state index contributed by atoms with van der Waals surface area (Å²) in [4.78, 5) is 22.1. The van der Waals surface area contributed by atoms with Crippen molar-refractivity contribution in [3.05, 3.63) is 50.6 Å². The Morgan fingerprint density at radius 1 is 1.32 bits per heavy atom. The van der Waals surface area contributed by atoms with Gasteiger partial charge in [-0.05, 0) is 28.9 Å². The van der Waals surface area contributed by atoms with Gasteiger partial charge < -0.3 is 9.97 Å². The Morgan fingerprint density at radius 2 is 2.11 bits per heavy atom. The fraction of sp³-hybridized carbons (Fsp3) is 0.0769. The minimum Gasteiger partial charge on any atom is -0.364 e. The molecule has 0 fully saturated rings. The van der Waals surface area contributed by atoms with E-state index in [4.69, 9.17) is 0 Å². The number of aryl methyl sites for hydroxylation is 1. The van der Waals surface area contributed by atoms with Crippen LogP contribution >= 0.6 is 15.9 Å². The minimum absolute atomic E-state index is 0.130. The summed E-state index contributed by atoms with van der Waals surface area (Å²) in [5, 5.41) is 0. The summed E-state index contributed by atoms with van der Waals surface area (Å²) in [6.07, 6.45) is 1.60. The van der Waals surface area contributed by atoms with E-state index in [0.717, 1.165) is 5.69 Å². The predicted octanol–water partition coefficient (Wildman–Crippen LogP) is 3.13. The lowest BCUT2D eigenvalue weighted by atomic mass is 10.2. The maximum absolute atomic E-state index is 13.4. The number of halogens is 2. The zero-order chi connectivity index (χ0) is 13.6. The van der Waals surface area contributed by atoms with Gasteiger partial charge in [-0.15, -0.1) is 0 Å². The molecule has 2 N–H and O–H groups in total. The molecule has 0 saturated heterocycles. The number of benzene rings is 1. The molecule has 0 aliphatic rings. The lowest BCUT2D eigenvalue weighted by Crippen LogP contribution is -2.05. The van der Waals surface area contributed by atoms with Crippen LogP contribution < -0.4 is 5.43 Å². The Bertz CT molecular complexity index is 799. The summed E-state index contributed by atoms with van der Waals surface area (Å²) in [7, 11) is 0. The third-order valence-corrected chi connectivity index (χ3v) is 3.44. The van der Waals surface area contributed by atoms with Gasteiger partial charge in [0.1, 0.15) is 11.6 Å². The number of hydrogen-bond donors (Lipinski definition) is 2. The molecule has 4 nitrogen and oxygen atoms in total. The molecule has 0 amide bonds. The van der Waals surface area contributed by atoms with Crippen LogP contribution in [-0.2, 0) is 0 Å². The second kappa shape index (κ2) is 4.31. The van der Waals surface area contributed by atoms with Gasteiger partial charge in [0.05, 0.1) is 21.1 Å². The number of imidazole rings is 1. The molecule has 2 heterocycles. The average Bonchev–Trinajstić information content (AvgIpc) is 2.72. The van der Waals surface area contributed by atoms with Crippen molar-refractivity contribution in [2.45, 2.75) is 6.92 Å². The first-order chi connectivity index (χ1) is 9.04. The highest BCUT2D eigenvalue weighted by molar-refractivity contribution is 9.10. The first-order valence-electron chi connectivity index (χ1n) is 5.59. The summed E-state index contributed by atoms with van der Waals surface area (Å²) in [6, 6.07) is 4.42. The molecule has 0 aliphatic heterocycles. The van der Waals surface area contributed by atoms with E-state index in [1.807, 2.05) is 0 Å². The van der Waals surface area contributed by atoms with Crippen LogP contribution in [0.4, 0.5) is 4.39 Å². The van der Waals surface area contributed by atoms with Gasteiger partial charge in [-0.1, -0.05) is 0 Å². The van der Waals surface area contributed by atoms with Crippen LogP contribution in [0, 0.1) is 12.7 Å². The van der Waals surface area contributed by atoms with Crippen molar-refractivity contribution in [3.63, 3.8) is 0 Å². The molecule has 0 bridgehead atoms. The second-order valence-electron chi connectivity index (χ2n) is 4.26. The van der Waals surface area contributed by atoms with E-state index in [1.165, 1.54) is 12.1 Å².